The number of benzene rings is 2. The Morgan fingerprint density at radius 3 is 2.08 bits per heavy atom. The molecule has 0 bridgehead atoms. The number of carbonyl (C=O) groups excluding carboxylic acids is 1. The molecule has 6 heteroatoms. The summed E-state index contributed by atoms with van der Waals surface area (Å²) < 4.78 is 21.6. The minimum Gasteiger partial charge on any atom is -0.493 e. The van der Waals surface area contributed by atoms with Crippen molar-refractivity contribution in [3.63, 3.8) is 0 Å². The van der Waals surface area contributed by atoms with E-state index in [0.29, 0.717) is 29.5 Å². The molecule has 6 nitrogen and oxygen atoms in total. The third-order valence-corrected chi connectivity index (χ3v) is 3.89. The second-order valence-corrected chi connectivity index (χ2v) is 5.82. The molecule has 0 saturated heterocycles. The van der Waals surface area contributed by atoms with Crippen molar-refractivity contribution in [2.24, 2.45) is 0 Å². The summed E-state index contributed by atoms with van der Waals surface area (Å²) in [6.07, 6.45) is -0.611. The number of hydrogen-bond donors (Lipinski definition) is 1. The van der Waals surface area contributed by atoms with E-state index in [0.717, 1.165) is 11.1 Å². The minimum atomic E-state index is -0.611. The van der Waals surface area contributed by atoms with E-state index in [1.807, 2.05) is 31.2 Å². The molecule has 1 atom stereocenters. The van der Waals surface area contributed by atoms with Gasteiger partial charge in [-0.05, 0) is 43.7 Å². The Kier molecular flexibility index (Phi) is 6.72. The zero-order valence-corrected chi connectivity index (χ0v) is 15.8. The van der Waals surface area contributed by atoms with Crippen molar-refractivity contribution in [3.05, 3.63) is 47.5 Å². The maximum absolute atomic E-state index is 12.3. The zero-order chi connectivity index (χ0) is 19.1. The van der Waals surface area contributed by atoms with Gasteiger partial charge < -0.3 is 24.3 Å². The summed E-state index contributed by atoms with van der Waals surface area (Å²) in [5.41, 5.74) is 1.97. The number of amides is 1. The highest BCUT2D eigenvalue weighted by molar-refractivity contribution is 5.80. The third-order valence-electron chi connectivity index (χ3n) is 3.89. The molecule has 0 radical (unpaired) electrons. The van der Waals surface area contributed by atoms with Crippen LogP contribution in [-0.4, -0.2) is 33.3 Å². The second-order valence-electron chi connectivity index (χ2n) is 5.82. The van der Waals surface area contributed by atoms with Crippen LogP contribution in [0.5, 0.6) is 23.0 Å². The highest BCUT2D eigenvalue weighted by Crippen LogP contribution is 2.38. The van der Waals surface area contributed by atoms with Gasteiger partial charge in [0.25, 0.3) is 5.91 Å². The fourth-order valence-electron chi connectivity index (χ4n) is 2.44. The first kappa shape index (κ1) is 19.4. The van der Waals surface area contributed by atoms with Crippen LogP contribution in [0.25, 0.3) is 0 Å². The summed E-state index contributed by atoms with van der Waals surface area (Å²) in [5, 5.41) is 2.85. The average Bonchev–Trinajstić information content (AvgIpc) is 2.66. The van der Waals surface area contributed by atoms with Crippen LogP contribution >= 0.6 is 0 Å². The summed E-state index contributed by atoms with van der Waals surface area (Å²) in [7, 11) is 4.65. The third kappa shape index (κ3) is 4.81. The largest absolute Gasteiger partial charge is 0.493 e. The lowest BCUT2D eigenvalue weighted by atomic mass is 10.1. The van der Waals surface area contributed by atoms with Crippen molar-refractivity contribution in [2.45, 2.75) is 26.5 Å². The zero-order valence-electron chi connectivity index (χ0n) is 15.8. The summed E-state index contributed by atoms with van der Waals surface area (Å²) in [5.74, 6) is 2.05. The molecule has 0 aliphatic carbocycles. The molecule has 2 rings (SSSR count). The maximum atomic E-state index is 12.3. The lowest BCUT2D eigenvalue weighted by Crippen LogP contribution is -2.35. The van der Waals surface area contributed by atoms with Gasteiger partial charge in [-0.25, -0.2) is 0 Å². The van der Waals surface area contributed by atoms with Gasteiger partial charge in [0, 0.05) is 6.54 Å². The summed E-state index contributed by atoms with van der Waals surface area (Å²) in [4.78, 5) is 12.3. The van der Waals surface area contributed by atoms with Gasteiger partial charge in [-0.15, -0.1) is 0 Å². The van der Waals surface area contributed by atoms with Crippen LogP contribution in [0.4, 0.5) is 0 Å². The SMILES string of the molecule is COc1cc(CNC(=O)C(C)Oc2ccc(C)cc2)cc(OC)c1OC. The van der Waals surface area contributed by atoms with E-state index in [4.69, 9.17) is 18.9 Å². The van der Waals surface area contributed by atoms with E-state index in [-0.39, 0.29) is 5.91 Å². The van der Waals surface area contributed by atoms with E-state index in [1.54, 1.807) is 40.4 Å². The van der Waals surface area contributed by atoms with Crippen LogP contribution in [0.1, 0.15) is 18.1 Å². The molecule has 1 N–H and O–H groups in total. The Bertz CT molecular complexity index is 717. The number of aryl methyl sites for hydroxylation is 1. The van der Waals surface area contributed by atoms with Crippen LogP contribution in [0, 0.1) is 6.92 Å². The Morgan fingerprint density at radius 2 is 1.58 bits per heavy atom. The average molecular weight is 359 g/mol. The number of ether oxygens (including phenoxy) is 4. The van der Waals surface area contributed by atoms with Crippen molar-refractivity contribution < 1.29 is 23.7 Å². The Morgan fingerprint density at radius 1 is 1.00 bits per heavy atom. The van der Waals surface area contributed by atoms with Crippen molar-refractivity contribution in [1.82, 2.24) is 5.32 Å². The standard InChI is InChI=1S/C20H25NO5/c1-13-6-8-16(9-7-13)26-14(2)20(22)21-12-15-10-17(23-3)19(25-5)18(11-15)24-4/h6-11,14H,12H2,1-5H3,(H,21,22). The number of carbonyl (C=O) groups is 1. The van der Waals surface area contributed by atoms with E-state index >= 15 is 0 Å². The van der Waals surface area contributed by atoms with Gasteiger partial charge in [0.1, 0.15) is 5.75 Å². The molecule has 1 unspecified atom stereocenters. The molecular formula is C20H25NO5. The van der Waals surface area contributed by atoms with Gasteiger partial charge in [-0.3, -0.25) is 4.79 Å². The molecule has 0 spiro atoms. The molecule has 2 aromatic carbocycles. The first-order valence-electron chi connectivity index (χ1n) is 8.28. The molecule has 2 aromatic rings. The molecular weight excluding hydrogens is 334 g/mol. The van der Waals surface area contributed by atoms with Gasteiger partial charge in [-0.1, -0.05) is 17.7 Å². The van der Waals surface area contributed by atoms with Crippen molar-refractivity contribution in [2.75, 3.05) is 21.3 Å². The van der Waals surface area contributed by atoms with Gasteiger partial charge in [0.05, 0.1) is 21.3 Å². The first-order valence-corrected chi connectivity index (χ1v) is 8.28. The summed E-state index contributed by atoms with van der Waals surface area (Å²) in [6.45, 7) is 4.03. The van der Waals surface area contributed by atoms with E-state index in [1.165, 1.54) is 0 Å². The van der Waals surface area contributed by atoms with Crippen LogP contribution < -0.4 is 24.3 Å². The van der Waals surface area contributed by atoms with Crippen LogP contribution in [0.2, 0.25) is 0 Å². The number of hydrogen-bond acceptors (Lipinski definition) is 5. The molecule has 0 aliphatic rings. The predicted molar refractivity (Wildman–Crippen MR) is 99.2 cm³/mol. The molecule has 26 heavy (non-hydrogen) atoms. The Hall–Kier alpha value is -2.89. The summed E-state index contributed by atoms with van der Waals surface area (Å²) in [6, 6.07) is 11.2. The highest BCUT2D eigenvalue weighted by atomic mass is 16.5. The molecule has 0 aromatic heterocycles. The van der Waals surface area contributed by atoms with Crippen LogP contribution in [0.15, 0.2) is 36.4 Å². The fourth-order valence-corrected chi connectivity index (χ4v) is 2.44. The quantitative estimate of drug-likeness (QED) is 0.784. The first-order chi connectivity index (χ1) is 12.5. The number of nitrogens with one attached hydrogen (secondary N) is 1. The number of rotatable bonds is 8. The monoisotopic (exact) mass is 359 g/mol. The second kappa shape index (κ2) is 8.99. The van der Waals surface area contributed by atoms with Crippen LogP contribution in [0.3, 0.4) is 0 Å². The lowest BCUT2D eigenvalue weighted by Gasteiger charge is -2.16. The van der Waals surface area contributed by atoms with Gasteiger partial charge in [0.2, 0.25) is 5.75 Å². The lowest BCUT2D eigenvalue weighted by molar-refractivity contribution is -0.127. The number of methoxy groups -OCH3 is 3. The maximum Gasteiger partial charge on any atom is 0.261 e. The van der Waals surface area contributed by atoms with E-state index in [2.05, 4.69) is 5.32 Å². The van der Waals surface area contributed by atoms with E-state index in [9.17, 15) is 4.79 Å². The Labute approximate surface area is 154 Å². The molecule has 1 amide bonds. The highest BCUT2D eigenvalue weighted by Gasteiger charge is 2.16. The smallest absolute Gasteiger partial charge is 0.261 e. The van der Waals surface area contributed by atoms with Crippen LogP contribution in [-0.2, 0) is 11.3 Å². The van der Waals surface area contributed by atoms with E-state index < -0.39 is 6.10 Å². The molecule has 0 fully saturated rings. The van der Waals surface area contributed by atoms with Gasteiger partial charge in [-0.2, -0.15) is 0 Å². The normalized spacial score (nSPS) is 11.4. The molecule has 0 aliphatic heterocycles. The predicted octanol–water partition coefficient (Wildman–Crippen LogP) is 3.10. The van der Waals surface area contributed by atoms with Gasteiger partial charge in [0.15, 0.2) is 17.6 Å². The minimum absolute atomic E-state index is 0.209. The molecule has 0 saturated carbocycles. The van der Waals surface area contributed by atoms with Crippen molar-refractivity contribution in [1.29, 1.82) is 0 Å². The molecule has 140 valence electrons. The topological polar surface area (TPSA) is 66.0 Å². The van der Waals surface area contributed by atoms with Gasteiger partial charge >= 0.3 is 0 Å². The molecule has 0 heterocycles. The van der Waals surface area contributed by atoms with Crippen molar-refractivity contribution in [3.8, 4) is 23.0 Å². The van der Waals surface area contributed by atoms with Crippen molar-refractivity contribution >= 4 is 5.91 Å². The Balaban J connectivity index is 2.00. The fraction of sp³-hybridized carbons (Fsp3) is 0.350. The summed E-state index contributed by atoms with van der Waals surface area (Å²) >= 11 is 0.